The fraction of sp³-hybridized carbons (Fsp3) is 0.818. The van der Waals surface area contributed by atoms with Gasteiger partial charge in [0.25, 0.3) is 0 Å². The third-order valence-electron chi connectivity index (χ3n) is 2.18. The summed E-state index contributed by atoms with van der Waals surface area (Å²) in [4.78, 5) is 11.3. The predicted molar refractivity (Wildman–Crippen MR) is 61.5 cm³/mol. The van der Waals surface area contributed by atoms with Gasteiger partial charge in [-0.3, -0.25) is 0 Å². The van der Waals surface area contributed by atoms with Crippen LogP contribution < -0.4 is 5.43 Å². The number of ether oxygens (including phenoxy) is 2. The lowest BCUT2D eigenvalue weighted by Gasteiger charge is -2.20. The zero-order chi connectivity index (χ0) is 12.4. The van der Waals surface area contributed by atoms with Gasteiger partial charge in [0, 0.05) is 6.42 Å². The maximum Gasteiger partial charge on any atom is 0.428 e. The highest BCUT2D eigenvalue weighted by atomic mass is 16.6. The molecule has 0 aromatic carbocycles. The van der Waals surface area contributed by atoms with Gasteiger partial charge in [0.05, 0.1) is 12.3 Å². The highest BCUT2D eigenvalue weighted by Crippen LogP contribution is 2.21. The van der Waals surface area contributed by atoms with E-state index >= 15 is 0 Å². The summed E-state index contributed by atoms with van der Waals surface area (Å²) >= 11 is 0. The van der Waals surface area contributed by atoms with Crippen molar-refractivity contribution in [2.45, 2.75) is 52.2 Å². The number of amides is 1. The van der Waals surface area contributed by atoms with E-state index in [0.29, 0.717) is 6.61 Å². The average Bonchev–Trinajstić information content (AvgIpc) is 2.38. The van der Waals surface area contributed by atoms with E-state index in [9.17, 15) is 4.79 Å². The van der Waals surface area contributed by atoms with Crippen LogP contribution in [0.4, 0.5) is 4.79 Å². The normalized spacial score (nSPS) is 22.2. The fourth-order valence-electron chi connectivity index (χ4n) is 1.39. The molecule has 0 bridgehead atoms. The van der Waals surface area contributed by atoms with Crippen LogP contribution in [-0.4, -0.2) is 29.6 Å². The number of hydrogen-bond donors (Lipinski definition) is 1. The Morgan fingerprint density at radius 3 is 2.56 bits per heavy atom. The summed E-state index contributed by atoms with van der Waals surface area (Å²) in [5, 5.41) is 4.03. The maximum atomic E-state index is 11.3. The van der Waals surface area contributed by atoms with Crippen molar-refractivity contribution in [3.05, 3.63) is 0 Å². The van der Waals surface area contributed by atoms with E-state index in [1.165, 1.54) is 0 Å². The van der Waals surface area contributed by atoms with E-state index in [4.69, 9.17) is 9.47 Å². The Balaban J connectivity index is 2.51. The number of nitrogens with one attached hydrogen (secondary N) is 1. The smallest absolute Gasteiger partial charge is 0.428 e. The molecule has 1 rings (SSSR count). The van der Waals surface area contributed by atoms with Gasteiger partial charge in [-0.15, -0.1) is 0 Å². The van der Waals surface area contributed by atoms with Crippen LogP contribution in [0.1, 0.15) is 41.0 Å². The molecular weight excluding hydrogens is 208 g/mol. The lowest BCUT2D eigenvalue weighted by Crippen LogP contribution is -2.33. The van der Waals surface area contributed by atoms with Crippen LogP contribution in [0.15, 0.2) is 5.10 Å². The van der Waals surface area contributed by atoms with Crippen molar-refractivity contribution in [1.82, 2.24) is 5.43 Å². The first-order valence-electron chi connectivity index (χ1n) is 5.41. The van der Waals surface area contributed by atoms with E-state index < -0.39 is 17.3 Å². The summed E-state index contributed by atoms with van der Waals surface area (Å²) in [5.74, 6) is 0. The molecule has 0 aliphatic carbocycles. The molecule has 1 fully saturated rings. The number of nitrogens with zero attached hydrogens (tertiary/aromatic N) is 1. The first kappa shape index (κ1) is 13.0. The number of hydrogen-bond acceptors (Lipinski definition) is 4. The van der Waals surface area contributed by atoms with Crippen molar-refractivity contribution in [2.75, 3.05) is 6.61 Å². The zero-order valence-electron chi connectivity index (χ0n) is 10.6. The summed E-state index contributed by atoms with van der Waals surface area (Å²) in [6.45, 7) is 9.92. The van der Waals surface area contributed by atoms with E-state index in [2.05, 4.69) is 10.5 Å². The van der Waals surface area contributed by atoms with E-state index in [1.54, 1.807) is 0 Å². The first-order valence-corrected chi connectivity index (χ1v) is 5.41. The molecule has 0 aromatic rings. The minimum absolute atomic E-state index is 0.394. The Morgan fingerprint density at radius 2 is 2.12 bits per heavy atom. The van der Waals surface area contributed by atoms with Crippen LogP contribution in [0.5, 0.6) is 0 Å². The van der Waals surface area contributed by atoms with Gasteiger partial charge in [0.1, 0.15) is 11.2 Å². The second kappa shape index (κ2) is 4.41. The molecule has 5 heteroatoms. The van der Waals surface area contributed by atoms with Crippen LogP contribution in [0.3, 0.4) is 0 Å². The summed E-state index contributed by atoms with van der Waals surface area (Å²) < 4.78 is 10.5. The standard InChI is InChI=1S/C11H20N2O3/c1-10(2,3)16-9(14)13-12-8-6-7-15-11(8,4)5/h6-7H2,1-5H3,(H,13,14)/b12-8+. The first-order chi connectivity index (χ1) is 7.21. The van der Waals surface area contributed by atoms with Gasteiger partial charge in [0.2, 0.25) is 0 Å². The minimum atomic E-state index is -0.539. The molecule has 92 valence electrons. The van der Waals surface area contributed by atoms with Crippen molar-refractivity contribution in [1.29, 1.82) is 0 Å². The second-order valence-corrected chi connectivity index (χ2v) is 5.28. The summed E-state index contributed by atoms with van der Waals surface area (Å²) in [5.41, 5.74) is 2.31. The fourth-order valence-corrected chi connectivity index (χ4v) is 1.39. The Labute approximate surface area is 96.2 Å². The molecular formula is C11H20N2O3. The van der Waals surface area contributed by atoms with Crippen LogP contribution in [0.2, 0.25) is 0 Å². The maximum absolute atomic E-state index is 11.3. The largest absolute Gasteiger partial charge is 0.443 e. The molecule has 0 aromatic heterocycles. The van der Waals surface area contributed by atoms with Crippen molar-refractivity contribution >= 4 is 11.8 Å². The van der Waals surface area contributed by atoms with E-state index in [-0.39, 0.29) is 0 Å². The molecule has 1 saturated heterocycles. The number of rotatable bonds is 1. The van der Waals surface area contributed by atoms with Crippen molar-refractivity contribution in [3.8, 4) is 0 Å². The van der Waals surface area contributed by atoms with Gasteiger partial charge < -0.3 is 9.47 Å². The van der Waals surface area contributed by atoms with E-state index in [1.807, 2.05) is 34.6 Å². The number of carbonyl (C=O) groups is 1. The minimum Gasteiger partial charge on any atom is -0.443 e. The van der Waals surface area contributed by atoms with Gasteiger partial charge in [-0.2, -0.15) is 5.10 Å². The predicted octanol–water partition coefficient (Wildman–Crippen LogP) is 2.07. The van der Waals surface area contributed by atoms with E-state index in [0.717, 1.165) is 12.1 Å². The highest BCUT2D eigenvalue weighted by molar-refractivity contribution is 5.93. The molecule has 16 heavy (non-hydrogen) atoms. The van der Waals surface area contributed by atoms with Gasteiger partial charge in [-0.25, -0.2) is 10.2 Å². The lowest BCUT2D eigenvalue weighted by molar-refractivity contribution is 0.0525. The van der Waals surface area contributed by atoms with Gasteiger partial charge in [-0.1, -0.05) is 0 Å². The highest BCUT2D eigenvalue weighted by Gasteiger charge is 2.32. The lowest BCUT2D eigenvalue weighted by atomic mass is 10.0. The second-order valence-electron chi connectivity index (χ2n) is 5.28. The van der Waals surface area contributed by atoms with Crippen LogP contribution in [0.25, 0.3) is 0 Å². The molecule has 1 aliphatic heterocycles. The average molecular weight is 228 g/mol. The van der Waals surface area contributed by atoms with Crippen molar-refractivity contribution < 1.29 is 14.3 Å². The number of hydrazone groups is 1. The SMILES string of the molecule is CC(C)(C)OC(=O)N/N=C1\CCOC1(C)C. The monoisotopic (exact) mass is 228 g/mol. The molecule has 5 nitrogen and oxygen atoms in total. The van der Waals surface area contributed by atoms with Crippen molar-refractivity contribution in [2.24, 2.45) is 5.10 Å². The molecule has 0 radical (unpaired) electrons. The summed E-state index contributed by atoms with van der Waals surface area (Å²) in [7, 11) is 0. The summed E-state index contributed by atoms with van der Waals surface area (Å²) in [6.07, 6.45) is 0.200. The van der Waals surface area contributed by atoms with Crippen LogP contribution in [-0.2, 0) is 9.47 Å². The molecule has 0 spiro atoms. The molecule has 1 aliphatic rings. The van der Waals surface area contributed by atoms with Crippen LogP contribution in [0, 0.1) is 0 Å². The molecule has 1 heterocycles. The van der Waals surface area contributed by atoms with Crippen molar-refractivity contribution in [3.63, 3.8) is 0 Å². The molecule has 0 atom stereocenters. The topological polar surface area (TPSA) is 59.9 Å². The van der Waals surface area contributed by atoms with Gasteiger partial charge >= 0.3 is 6.09 Å². The quantitative estimate of drug-likeness (QED) is 0.699. The Hall–Kier alpha value is -1.10. The Kier molecular flexibility index (Phi) is 3.57. The van der Waals surface area contributed by atoms with Gasteiger partial charge in [-0.05, 0) is 34.6 Å². The molecule has 0 saturated carbocycles. The Morgan fingerprint density at radius 1 is 1.50 bits per heavy atom. The zero-order valence-corrected chi connectivity index (χ0v) is 10.6. The third kappa shape index (κ3) is 3.81. The molecule has 1 N–H and O–H groups in total. The molecule has 1 amide bonds. The molecule has 0 unspecified atom stereocenters. The van der Waals surface area contributed by atoms with Gasteiger partial charge in [0.15, 0.2) is 0 Å². The van der Waals surface area contributed by atoms with Crippen LogP contribution >= 0.6 is 0 Å². The summed E-state index contributed by atoms with van der Waals surface area (Å²) in [6, 6.07) is 0. The Bertz CT molecular complexity index is 303. The third-order valence-corrected chi connectivity index (χ3v) is 2.18. The number of carbonyl (C=O) groups excluding carboxylic acids is 1.